The van der Waals surface area contributed by atoms with Crippen LogP contribution in [-0.4, -0.2) is 48.4 Å². The number of methoxy groups -OCH3 is 1. The number of hydrogen-bond acceptors (Lipinski definition) is 7. The van der Waals surface area contributed by atoms with Crippen LogP contribution in [0.5, 0.6) is 17.2 Å². The van der Waals surface area contributed by atoms with Crippen LogP contribution in [0.4, 0.5) is 0 Å². The number of aromatic nitrogens is 1. The second-order valence-electron chi connectivity index (χ2n) is 8.95. The predicted molar refractivity (Wildman–Crippen MR) is 128 cm³/mol. The third-order valence-corrected chi connectivity index (χ3v) is 6.66. The number of β-lactam (4-membered cyclic amide) rings is 1. The summed E-state index contributed by atoms with van der Waals surface area (Å²) in [5.41, 5.74) is 2.77. The second kappa shape index (κ2) is 10.00. The summed E-state index contributed by atoms with van der Waals surface area (Å²) in [6, 6.07) is 14.9. The van der Waals surface area contributed by atoms with Crippen LogP contribution in [0.15, 0.2) is 53.1 Å². The van der Waals surface area contributed by atoms with Crippen LogP contribution < -0.4 is 14.2 Å². The van der Waals surface area contributed by atoms with Gasteiger partial charge in [0.1, 0.15) is 35.7 Å². The second-order valence-corrected chi connectivity index (χ2v) is 8.95. The average molecular weight is 479 g/mol. The molecular weight excluding hydrogens is 448 g/mol. The van der Waals surface area contributed by atoms with Crippen LogP contribution >= 0.6 is 0 Å². The molecule has 8 nitrogen and oxygen atoms in total. The van der Waals surface area contributed by atoms with E-state index >= 15 is 0 Å². The minimum Gasteiger partial charge on any atom is -0.497 e. The Hall–Kier alpha value is -3.52. The molecule has 0 N–H and O–H groups in total. The fraction of sp³-hybridized carbons (Fsp3) is 0.407. The summed E-state index contributed by atoms with van der Waals surface area (Å²) in [5.74, 6) is 2.74. The van der Waals surface area contributed by atoms with E-state index in [0.717, 1.165) is 47.8 Å². The Morgan fingerprint density at radius 2 is 1.89 bits per heavy atom. The Bertz CT molecular complexity index is 1150. The molecule has 5 rings (SSSR count). The number of hydrogen-bond donors (Lipinski definition) is 0. The van der Waals surface area contributed by atoms with Crippen molar-refractivity contribution in [1.29, 1.82) is 0 Å². The molecule has 0 saturated carbocycles. The van der Waals surface area contributed by atoms with Crippen molar-refractivity contribution in [2.45, 2.75) is 51.5 Å². The van der Waals surface area contributed by atoms with E-state index < -0.39 is 6.10 Å². The highest BCUT2D eigenvalue weighted by Crippen LogP contribution is 2.39. The van der Waals surface area contributed by atoms with Crippen molar-refractivity contribution in [3.63, 3.8) is 0 Å². The van der Waals surface area contributed by atoms with Crippen molar-refractivity contribution >= 4 is 5.91 Å². The van der Waals surface area contributed by atoms with Gasteiger partial charge >= 0.3 is 0 Å². The minimum absolute atomic E-state index is 0.0351. The van der Waals surface area contributed by atoms with Gasteiger partial charge in [-0.3, -0.25) is 4.79 Å². The maximum atomic E-state index is 13.1. The first-order valence-corrected chi connectivity index (χ1v) is 11.9. The summed E-state index contributed by atoms with van der Waals surface area (Å²) in [6.07, 6.45) is 1.44. The molecule has 2 saturated heterocycles. The number of carbonyl (C=O) groups is 1. The highest BCUT2D eigenvalue weighted by Gasteiger charge is 2.51. The molecule has 2 aromatic carbocycles. The maximum Gasteiger partial charge on any atom is 0.266 e. The molecule has 0 aliphatic carbocycles. The lowest BCUT2D eigenvalue weighted by atomic mass is 9.89. The van der Waals surface area contributed by atoms with Crippen molar-refractivity contribution in [2.24, 2.45) is 0 Å². The van der Waals surface area contributed by atoms with Gasteiger partial charge in [0.15, 0.2) is 0 Å². The highest BCUT2D eigenvalue weighted by atomic mass is 16.5. The van der Waals surface area contributed by atoms with E-state index in [0.29, 0.717) is 24.7 Å². The van der Waals surface area contributed by atoms with Gasteiger partial charge in [-0.25, -0.2) is 0 Å². The van der Waals surface area contributed by atoms with E-state index in [-0.39, 0.29) is 18.1 Å². The number of carbonyl (C=O) groups excluding carboxylic acids is 1. The molecule has 1 aromatic heterocycles. The lowest BCUT2D eigenvalue weighted by Gasteiger charge is -2.47. The Morgan fingerprint density at radius 3 is 2.57 bits per heavy atom. The van der Waals surface area contributed by atoms with Crippen molar-refractivity contribution in [3.8, 4) is 17.2 Å². The van der Waals surface area contributed by atoms with Gasteiger partial charge in [0.25, 0.3) is 5.91 Å². The molecule has 0 radical (unpaired) electrons. The summed E-state index contributed by atoms with van der Waals surface area (Å²) in [6.45, 7) is 5.47. The third-order valence-electron chi connectivity index (χ3n) is 6.66. The zero-order valence-corrected chi connectivity index (χ0v) is 20.2. The molecule has 8 heteroatoms. The van der Waals surface area contributed by atoms with Crippen LogP contribution in [0.2, 0.25) is 0 Å². The van der Waals surface area contributed by atoms with Gasteiger partial charge in [0, 0.05) is 19.2 Å². The molecular formula is C27H30N2O6. The monoisotopic (exact) mass is 478 g/mol. The molecule has 1 amide bonds. The van der Waals surface area contributed by atoms with E-state index in [1.165, 1.54) is 0 Å². The highest BCUT2D eigenvalue weighted by molar-refractivity contribution is 5.89. The molecule has 0 bridgehead atoms. The summed E-state index contributed by atoms with van der Waals surface area (Å²) in [7, 11) is 1.61. The maximum absolute atomic E-state index is 13.1. The molecule has 3 atom stereocenters. The predicted octanol–water partition coefficient (Wildman–Crippen LogP) is 4.39. The SMILES string of the molecule is COc1cccc(O[C@@H]2C(=O)N(C[C@@H]3CCCO3)[C@H]2c2ccc(OCc3c(C)noc3C)cc2)c1. The topological polar surface area (TPSA) is 83.3 Å². The summed E-state index contributed by atoms with van der Waals surface area (Å²) in [4.78, 5) is 15.0. The average Bonchev–Trinajstić information content (AvgIpc) is 3.51. The number of ether oxygens (including phenoxy) is 4. The standard InChI is InChI=1S/C27H30N2O6/c1-17-24(18(2)35-28-17)16-33-20-11-9-19(10-12-20)25-26(34-22-7-4-6-21(14-22)31-3)27(30)29(25)15-23-8-5-13-32-23/h4,6-7,9-12,14,23,25-26H,5,8,13,15-16H2,1-3H3/t23-,25-,26-/m0/s1. The molecule has 3 aromatic rings. The van der Waals surface area contributed by atoms with Gasteiger partial charge in [-0.15, -0.1) is 0 Å². The van der Waals surface area contributed by atoms with E-state index in [2.05, 4.69) is 5.16 Å². The Balaban J connectivity index is 1.33. The van der Waals surface area contributed by atoms with Gasteiger partial charge in [0.2, 0.25) is 6.10 Å². The zero-order chi connectivity index (χ0) is 24.4. The number of benzene rings is 2. The van der Waals surface area contributed by atoms with E-state index in [1.54, 1.807) is 13.2 Å². The molecule has 0 spiro atoms. The molecule has 2 fully saturated rings. The summed E-state index contributed by atoms with van der Waals surface area (Å²) in [5, 5.41) is 3.97. The molecule has 0 unspecified atom stereocenters. The molecule has 2 aliphatic heterocycles. The first-order valence-electron chi connectivity index (χ1n) is 11.9. The number of likely N-dealkylation sites (tertiary alicyclic amines) is 1. The number of nitrogens with zero attached hydrogens (tertiary/aromatic N) is 2. The molecule has 3 heterocycles. The van der Waals surface area contributed by atoms with Gasteiger partial charge in [-0.05, 0) is 56.5 Å². The van der Waals surface area contributed by atoms with E-state index in [1.807, 2.05) is 61.2 Å². The largest absolute Gasteiger partial charge is 0.497 e. The number of aryl methyl sites for hydroxylation is 2. The Morgan fingerprint density at radius 1 is 1.09 bits per heavy atom. The quantitative estimate of drug-likeness (QED) is 0.422. The van der Waals surface area contributed by atoms with Crippen LogP contribution in [0.25, 0.3) is 0 Å². The van der Waals surface area contributed by atoms with Gasteiger partial charge in [-0.2, -0.15) is 0 Å². The van der Waals surface area contributed by atoms with Crippen molar-refractivity contribution in [1.82, 2.24) is 10.1 Å². The first-order chi connectivity index (χ1) is 17.0. The Kier molecular flexibility index (Phi) is 6.63. The lowest BCUT2D eigenvalue weighted by molar-refractivity contribution is -0.167. The van der Waals surface area contributed by atoms with E-state index in [9.17, 15) is 4.79 Å². The van der Waals surface area contributed by atoms with Crippen LogP contribution in [0.3, 0.4) is 0 Å². The molecule has 2 aliphatic rings. The van der Waals surface area contributed by atoms with Crippen molar-refractivity contribution < 1.29 is 28.3 Å². The zero-order valence-electron chi connectivity index (χ0n) is 20.2. The Labute approximate surface area is 204 Å². The van der Waals surface area contributed by atoms with Crippen molar-refractivity contribution in [2.75, 3.05) is 20.3 Å². The summed E-state index contributed by atoms with van der Waals surface area (Å²) >= 11 is 0. The first kappa shape index (κ1) is 23.2. The fourth-order valence-electron chi connectivity index (χ4n) is 4.64. The van der Waals surface area contributed by atoms with E-state index in [4.69, 9.17) is 23.5 Å². The van der Waals surface area contributed by atoms with Gasteiger partial charge < -0.3 is 28.4 Å². The van der Waals surface area contributed by atoms with Gasteiger partial charge in [-0.1, -0.05) is 23.4 Å². The van der Waals surface area contributed by atoms with Crippen LogP contribution in [0.1, 0.15) is 41.5 Å². The number of amides is 1. The third kappa shape index (κ3) is 4.84. The fourth-order valence-corrected chi connectivity index (χ4v) is 4.64. The van der Waals surface area contributed by atoms with Gasteiger partial charge in [0.05, 0.1) is 24.5 Å². The van der Waals surface area contributed by atoms with Crippen LogP contribution in [0, 0.1) is 13.8 Å². The molecule has 35 heavy (non-hydrogen) atoms. The smallest absolute Gasteiger partial charge is 0.266 e. The normalized spacial score (nSPS) is 21.6. The van der Waals surface area contributed by atoms with Crippen molar-refractivity contribution in [3.05, 3.63) is 71.1 Å². The molecule has 184 valence electrons. The number of rotatable bonds is 9. The minimum atomic E-state index is -0.613. The van der Waals surface area contributed by atoms with Crippen LogP contribution in [-0.2, 0) is 16.1 Å². The summed E-state index contributed by atoms with van der Waals surface area (Å²) < 4.78 is 28.4. The lowest BCUT2D eigenvalue weighted by Crippen LogP contribution is -2.62.